The average Bonchev–Trinajstić information content (AvgIpc) is 2.76. The first-order valence-corrected chi connectivity index (χ1v) is 11.8. The van der Waals surface area contributed by atoms with Crippen molar-refractivity contribution in [2.24, 2.45) is 11.5 Å². The number of hydrogen-bond acceptors (Lipinski definition) is 8. The lowest BCUT2D eigenvalue weighted by Crippen LogP contribution is -2.57. The maximum Gasteiger partial charge on any atom is 0.326 e. The van der Waals surface area contributed by atoms with Crippen LogP contribution < -0.4 is 27.4 Å². The monoisotopic (exact) mass is 497 g/mol. The number of aliphatic carboxylic acids is 1. The summed E-state index contributed by atoms with van der Waals surface area (Å²) in [6.45, 7) is 1.39. The van der Waals surface area contributed by atoms with Crippen LogP contribution in [0.2, 0.25) is 0 Å². The van der Waals surface area contributed by atoms with Gasteiger partial charge >= 0.3 is 5.97 Å². The molecule has 0 bridgehead atoms. The fourth-order valence-electron chi connectivity index (χ4n) is 2.83. The van der Waals surface area contributed by atoms with Crippen molar-refractivity contribution in [1.29, 1.82) is 0 Å². The molecule has 188 valence electrons. The topological polar surface area (TPSA) is 214 Å². The lowest BCUT2D eigenvalue weighted by molar-refractivity contribution is -0.142. The molecule has 0 aliphatic carbocycles. The van der Waals surface area contributed by atoms with Crippen LogP contribution in [0.1, 0.15) is 25.3 Å². The van der Waals surface area contributed by atoms with Crippen LogP contribution in [0.5, 0.6) is 5.75 Å². The molecule has 1 aromatic carbocycles. The quantitative estimate of drug-likeness (QED) is 0.158. The number of carbonyl (C=O) groups is 5. The van der Waals surface area contributed by atoms with Crippen LogP contribution in [-0.2, 0) is 30.4 Å². The zero-order valence-corrected chi connectivity index (χ0v) is 19.8. The number of hydrogen-bond donors (Lipinski definition) is 7. The first-order valence-electron chi connectivity index (χ1n) is 10.4. The molecule has 4 unspecified atom stereocenters. The summed E-state index contributed by atoms with van der Waals surface area (Å²) in [7, 11) is 0. The first kappa shape index (κ1) is 28.7. The minimum absolute atomic E-state index is 0.0149. The van der Waals surface area contributed by atoms with E-state index < -0.39 is 60.2 Å². The molecule has 4 atom stereocenters. The van der Waals surface area contributed by atoms with E-state index in [1.54, 1.807) is 6.26 Å². The molecular formula is C21H31N5O7S. The van der Waals surface area contributed by atoms with Crippen LogP contribution in [-0.4, -0.2) is 76.0 Å². The third kappa shape index (κ3) is 10.1. The highest BCUT2D eigenvalue weighted by atomic mass is 32.2. The van der Waals surface area contributed by atoms with Crippen LogP contribution in [0.4, 0.5) is 0 Å². The molecule has 0 aliphatic heterocycles. The Hall–Kier alpha value is -3.32. The van der Waals surface area contributed by atoms with Gasteiger partial charge < -0.3 is 37.6 Å². The Balaban J connectivity index is 2.98. The number of phenolic OH excluding ortho intramolecular Hbond substituents is 1. The first-order chi connectivity index (χ1) is 15.9. The highest BCUT2D eigenvalue weighted by Gasteiger charge is 2.30. The number of rotatable bonds is 14. The van der Waals surface area contributed by atoms with Gasteiger partial charge in [-0.1, -0.05) is 12.1 Å². The number of carboxylic acid groups (broad SMARTS) is 1. The van der Waals surface area contributed by atoms with E-state index in [1.165, 1.54) is 43.0 Å². The molecule has 0 saturated carbocycles. The molecule has 0 fully saturated rings. The van der Waals surface area contributed by atoms with E-state index in [-0.39, 0.29) is 18.6 Å². The van der Waals surface area contributed by atoms with Crippen LogP contribution in [0.15, 0.2) is 24.3 Å². The standard InChI is InChI=1S/C21H31N5O7S/c1-11(22)18(29)25-15(10-17(23)28)20(31)24-14(7-8-34-2)19(30)26-16(21(32)33)9-12-3-5-13(27)6-4-12/h3-6,11,14-16,27H,7-10,22H2,1-2H3,(H2,23,28)(H,24,31)(H,25,29)(H,26,30)(H,32,33). The summed E-state index contributed by atoms with van der Waals surface area (Å²) in [6.07, 6.45) is 1.38. The number of nitrogens with one attached hydrogen (secondary N) is 3. The summed E-state index contributed by atoms with van der Waals surface area (Å²) in [4.78, 5) is 60.6. The fourth-order valence-corrected chi connectivity index (χ4v) is 3.30. The van der Waals surface area contributed by atoms with Crippen LogP contribution in [0, 0.1) is 0 Å². The van der Waals surface area contributed by atoms with Crippen molar-refractivity contribution in [3.63, 3.8) is 0 Å². The molecule has 0 spiro atoms. The van der Waals surface area contributed by atoms with Crippen molar-refractivity contribution >= 4 is 41.4 Å². The van der Waals surface area contributed by atoms with E-state index in [4.69, 9.17) is 11.5 Å². The van der Waals surface area contributed by atoms with Gasteiger partial charge in [-0.15, -0.1) is 0 Å². The predicted molar refractivity (Wildman–Crippen MR) is 126 cm³/mol. The molecule has 13 heteroatoms. The molecule has 0 aromatic heterocycles. The Morgan fingerprint density at radius 2 is 1.47 bits per heavy atom. The number of amides is 4. The SMILES string of the molecule is CSCCC(NC(=O)C(CC(N)=O)NC(=O)C(C)N)C(=O)NC(Cc1ccc(O)cc1)C(=O)O. The van der Waals surface area contributed by atoms with Crippen LogP contribution in [0.25, 0.3) is 0 Å². The van der Waals surface area contributed by atoms with Gasteiger partial charge in [0, 0.05) is 6.42 Å². The van der Waals surface area contributed by atoms with Gasteiger partial charge in [-0.2, -0.15) is 11.8 Å². The second-order valence-electron chi connectivity index (χ2n) is 7.63. The van der Waals surface area contributed by atoms with E-state index >= 15 is 0 Å². The predicted octanol–water partition coefficient (Wildman–Crippen LogP) is -1.55. The number of primary amides is 1. The van der Waals surface area contributed by atoms with Gasteiger partial charge in [0.15, 0.2) is 0 Å². The number of aromatic hydroxyl groups is 1. The van der Waals surface area contributed by atoms with Crippen molar-refractivity contribution in [1.82, 2.24) is 16.0 Å². The number of thioether (sulfide) groups is 1. The molecule has 0 radical (unpaired) electrons. The summed E-state index contributed by atoms with van der Waals surface area (Å²) in [5, 5.41) is 26.1. The summed E-state index contributed by atoms with van der Waals surface area (Å²) in [5.74, 6) is -3.93. The Labute approximate surface area is 201 Å². The van der Waals surface area contributed by atoms with Gasteiger partial charge in [0.25, 0.3) is 0 Å². The summed E-state index contributed by atoms with van der Waals surface area (Å²) < 4.78 is 0. The molecule has 1 aromatic rings. The smallest absolute Gasteiger partial charge is 0.326 e. The van der Waals surface area contributed by atoms with E-state index in [9.17, 15) is 34.2 Å². The van der Waals surface area contributed by atoms with Crippen molar-refractivity contribution in [2.45, 2.75) is 50.4 Å². The van der Waals surface area contributed by atoms with Crippen molar-refractivity contribution in [3.05, 3.63) is 29.8 Å². The maximum atomic E-state index is 12.9. The molecular weight excluding hydrogens is 466 g/mol. The molecule has 0 aliphatic rings. The zero-order chi connectivity index (χ0) is 25.8. The maximum absolute atomic E-state index is 12.9. The van der Waals surface area contributed by atoms with Crippen LogP contribution >= 0.6 is 11.8 Å². The van der Waals surface area contributed by atoms with Crippen LogP contribution in [0.3, 0.4) is 0 Å². The second kappa shape index (κ2) is 14.1. The Kier molecular flexibility index (Phi) is 11.9. The third-order valence-electron chi connectivity index (χ3n) is 4.69. The minimum Gasteiger partial charge on any atom is -0.508 e. The minimum atomic E-state index is -1.35. The van der Waals surface area contributed by atoms with E-state index in [1.807, 2.05) is 0 Å². The molecule has 0 heterocycles. The van der Waals surface area contributed by atoms with E-state index in [0.717, 1.165) is 0 Å². The molecule has 0 saturated heterocycles. The number of nitrogens with two attached hydrogens (primary N) is 2. The Morgan fingerprint density at radius 3 is 1.97 bits per heavy atom. The normalized spacial score (nSPS) is 14.2. The van der Waals surface area contributed by atoms with Crippen molar-refractivity contribution in [2.75, 3.05) is 12.0 Å². The lowest BCUT2D eigenvalue weighted by atomic mass is 10.0. The Morgan fingerprint density at radius 1 is 0.941 bits per heavy atom. The lowest BCUT2D eigenvalue weighted by Gasteiger charge is -2.24. The summed E-state index contributed by atoms with van der Waals surface area (Å²) >= 11 is 1.41. The average molecular weight is 498 g/mol. The number of benzene rings is 1. The number of carbonyl (C=O) groups excluding carboxylic acids is 4. The molecule has 12 nitrogen and oxygen atoms in total. The molecule has 1 rings (SSSR count). The summed E-state index contributed by atoms with van der Waals surface area (Å²) in [6, 6.07) is 1.11. The highest BCUT2D eigenvalue weighted by Crippen LogP contribution is 2.12. The zero-order valence-electron chi connectivity index (χ0n) is 18.9. The van der Waals surface area contributed by atoms with Gasteiger partial charge in [-0.3, -0.25) is 19.2 Å². The van der Waals surface area contributed by atoms with Gasteiger partial charge in [0.1, 0.15) is 23.9 Å². The van der Waals surface area contributed by atoms with E-state index in [0.29, 0.717) is 11.3 Å². The molecule has 4 amide bonds. The van der Waals surface area contributed by atoms with Gasteiger partial charge in [0.2, 0.25) is 23.6 Å². The number of phenols is 1. The van der Waals surface area contributed by atoms with Gasteiger partial charge in [-0.25, -0.2) is 4.79 Å². The molecule has 9 N–H and O–H groups in total. The van der Waals surface area contributed by atoms with Gasteiger partial charge in [0.05, 0.1) is 12.5 Å². The third-order valence-corrected chi connectivity index (χ3v) is 5.33. The Bertz CT molecular complexity index is 879. The highest BCUT2D eigenvalue weighted by molar-refractivity contribution is 7.98. The largest absolute Gasteiger partial charge is 0.508 e. The van der Waals surface area contributed by atoms with Crippen molar-refractivity contribution < 1.29 is 34.2 Å². The summed E-state index contributed by atoms with van der Waals surface area (Å²) in [5.41, 5.74) is 11.2. The molecule has 34 heavy (non-hydrogen) atoms. The fraction of sp³-hybridized carbons (Fsp3) is 0.476. The van der Waals surface area contributed by atoms with Gasteiger partial charge in [-0.05, 0) is 43.0 Å². The van der Waals surface area contributed by atoms with E-state index in [2.05, 4.69) is 16.0 Å². The van der Waals surface area contributed by atoms with Crippen molar-refractivity contribution in [3.8, 4) is 5.75 Å². The second-order valence-corrected chi connectivity index (χ2v) is 8.62. The number of carboxylic acids is 1.